The summed E-state index contributed by atoms with van der Waals surface area (Å²) in [7, 11) is 0. The molecule has 1 saturated carbocycles. The first-order valence-corrected chi connectivity index (χ1v) is 5.69. The number of carbonyl (C=O) groups excluding carboxylic acids is 1. The molecule has 1 aliphatic rings. The van der Waals surface area contributed by atoms with Crippen LogP contribution in [0.4, 0.5) is 0 Å². The second kappa shape index (κ2) is 5.12. The van der Waals surface area contributed by atoms with E-state index < -0.39 is 0 Å². The maximum absolute atomic E-state index is 11.7. The molecule has 88 valence electrons. The Morgan fingerprint density at radius 1 is 1.69 bits per heavy atom. The highest BCUT2D eigenvalue weighted by atomic mass is 16.5. The summed E-state index contributed by atoms with van der Waals surface area (Å²) in [4.78, 5) is 11.7. The van der Waals surface area contributed by atoms with E-state index in [2.05, 4.69) is 10.4 Å². The van der Waals surface area contributed by atoms with Gasteiger partial charge < -0.3 is 10.1 Å². The number of aromatic nitrogens is 2. The smallest absolute Gasteiger partial charge is 0.325 e. The second-order valence-corrected chi connectivity index (χ2v) is 3.97. The van der Waals surface area contributed by atoms with E-state index in [1.54, 1.807) is 10.9 Å². The molecular formula is C11H17N3O2. The van der Waals surface area contributed by atoms with Gasteiger partial charge in [0, 0.05) is 18.4 Å². The third kappa shape index (κ3) is 3.06. The van der Waals surface area contributed by atoms with Crippen molar-refractivity contribution < 1.29 is 9.53 Å². The molecule has 1 aromatic heterocycles. The molecule has 1 fully saturated rings. The maximum Gasteiger partial charge on any atom is 0.325 e. The lowest BCUT2D eigenvalue weighted by Crippen LogP contribution is -2.42. The van der Waals surface area contributed by atoms with Crippen LogP contribution in [0.1, 0.15) is 19.8 Å². The Kier molecular flexibility index (Phi) is 3.56. The molecule has 2 rings (SSSR count). The zero-order valence-electron chi connectivity index (χ0n) is 9.43. The lowest BCUT2D eigenvalue weighted by molar-refractivity contribution is -0.146. The SMILES string of the molecule is CCOC(=O)C(Cn1cccn1)NC1CC1. The van der Waals surface area contributed by atoms with Crippen LogP contribution in [0.15, 0.2) is 18.5 Å². The van der Waals surface area contributed by atoms with Gasteiger partial charge in [-0.15, -0.1) is 0 Å². The predicted octanol–water partition coefficient (Wildman–Crippen LogP) is 0.567. The summed E-state index contributed by atoms with van der Waals surface area (Å²) in [6.07, 6.45) is 5.85. The van der Waals surface area contributed by atoms with E-state index in [9.17, 15) is 4.79 Å². The van der Waals surface area contributed by atoms with Crippen LogP contribution in [0, 0.1) is 0 Å². The molecule has 1 heterocycles. The molecule has 16 heavy (non-hydrogen) atoms. The van der Waals surface area contributed by atoms with Gasteiger partial charge in [-0.2, -0.15) is 5.10 Å². The first-order valence-electron chi connectivity index (χ1n) is 5.69. The number of carbonyl (C=O) groups is 1. The van der Waals surface area contributed by atoms with E-state index >= 15 is 0 Å². The Labute approximate surface area is 94.8 Å². The van der Waals surface area contributed by atoms with Crippen LogP contribution in [-0.4, -0.2) is 34.4 Å². The molecule has 0 amide bonds. The standard InChI is InChI=1S/C11H17N3O2/c1-2-16-11(15)10(13-9-4-5-9)8-14-7-3-6-12-14/h3,6-7,9-10,13H,2,4-5,8H2,1H3. The Bertz CT molecular complexity index is 333. The normalized spacial score (nSPS) is 17.1. The Hall–Kier alpha value is -1.36. The fraction of sp³-hybridized carbons (Fsp3) is 0.636. The second-order valence-electron chi connectivity index (χ2n) is 3.97. The van der Waals surface area contributed by atoms with Crippen LogP contribution in [0.25, 0.3) is 0 Å². The van der Waals surface area contributed by atoms with Crippen molar-refractivity contribution >= 4 is 5.97 Å². The fourth-order valence-corrected chi connectivity index (χ4v) is 1.57. The van der Waals surface area contributed by atoms with Gasteiger partial charge in [-0.3, -0.25) is 9.48 Å². The maximum atomic E-state index is 11.7. The van der Waals surface area contributed by atoms with Gasteiger partial charge in [-0.25, -0.2) is 0 Å². The molecule has 1 atom stereocenters. The predicted molar refractivity (Wildman–Crippen MR) is 58.8 cm³/mol. The van der Waals surface area contributed by atoms with Gasteiger partial charge in [0.05, 0.1) is 13.2 Å². The highest BCUT2D eigenvalue weighted by molar-refractivity contribution is 5.75. The minimum Gasteiger partial charge on any atom is -0.465 e. The van der Waals surface area contributed by atoms with E-state index in [-0.39, 0.29) is 12.0 Å². The monoisotopic (exact) mass is 223 g/mol. The number of hydrogen-bond acceptors (Lipinski definition) is 4. The molecule has 0 spiro atoms. The number of hydrogen-bond donors (Lipinski definition) is 1. The van der Waals surface area contributed by atoms with Gasteiger partial charge in [0.15, 0.2) is 0 Å². The average molecular weight is 223 g/mol. The average Bonchev–Trinajstić information content (AvgIpc) is 2.92. The summed E-state index contributed by atoms with van der Waals surface area (Å²) in [5.41, 5.74) is 0. The van der Waals surface area contributed by atoms with E-state index in [0.29, 0.717) is 19.2 Å². The third-order valence-electron chi connectivity index (χ3n) is 2.51. The van der Waals surface area contributed by atoms with Crippen molar-refractivity contribution in [2.24, 2.45) is 0 Å². The molecule has 0 aliphatic heterocycles. The molecule has 5 heteroatoms. The van der Waals surface area contributed by atoms with E-state index in [0.717, 1.165) is 12.8 Å². The third-order valence-corrected chi connectivity index (χ3v) is 2.51. The minimum atomic E-state index is -0.285. The van der Waals surface area contributed by atoms with Crippen LogP contribution < -0.4 is 5.32 Å². The summed E-state index contributed by atoms with van der Waals surface area (Å²) < 4.78 is 6.79. The van der Waals surface area contributed by atoms with Gasteiger partial charge in [0.25, 0.3) is 0 Å². The van der Waals surface area contributed by atoms with E-state index in [1.165, 1.54) is 0 Å². The molecule has 0 radical (unpaired) electrons. The highest BCUT2D eigenvalue weighted by Crippen LogP contribution is 2.19. The van der Waals surface area contributed by atoms with Gasteiger partial charge in [-0.1, -0.05) is 0 Å². The van der Waals surface area contributed by atoms with Crippen molar-refractivity contribution in [3.8, 4) is 0 Å². The molecule has 0 bridgehead atoms. The largest absolute Gasteiger partial charge is 0.465 e. The Balaban J connectivity index is 1.92. The first-order chi connectivity index (χ1) is 7.79. The first kappa shape index (κ1) is 11.1. The lowest BCUT2D eigenvalue weighted by Gasteiger charge is -2.16. The Morgan fingerprint density at radius 3 is 3.06 bits per heavy atom. The minimum absolute atomic E-state index is 0.190. The van der Waals surface area contributed by atoms with Crippen molar-refractivity contribution in [3.05, 3.63) is 18.5 Å². The molecule has 1 aromatic rings. The van der Waals surface area contributed by atoms with Crippen LogP contribution >= 0.6 is 0 Å². The van der Waals surface area contributed by atoms with Crippen molar-refractivity contribution in [2.75, 3.05) is 6.61 Å². The molecular weight excluding hydrogens is 206 g/mol. The van der Waals surface area contributed by atoms with Crippen LogP contribution in [0.3, 0.4) is 0 Å². The van der Waals surface area contributed by atoms with Crippen molar-refractivity contribution in [3.63, 3.8) is 0 Å². The molecule has 5 nitrogen and oxygen atoms in total. The van der Waals surface area contributed by atoms with Crippen LogP contribution in [0.2, 0.25) is 0 Å². The zero-order chi connectivity index (χ0) is 11.4. The van der Waals surface area contributed by atoms with Gasteiger partial charge in [-0.05, 0) is 25.8 Å². The number of rotatable bonds is 6. The molecule has 1 aliphatic carbocycles. The van der Waals surface area contributed by atoms with Crippen molar-refractivity contribution in [2.45, 2.75) is 38.4 Å². The number of ether oxygens (including phenoxy) is 1. The number of esters is 1. The summed E-state index contributed by atoms with van der Waals surface area (Å²) in [5.74, 6) is -0.190. The van der Waals surface area contributed by atoms with Gasteiger partial charge in [0.1, 0.15) is 6.04 Å². The summed E-state index contributed by atoms with van der Waals surface area (Å²) >= 11 is 0. The molecule has 0 aromatic carbocycles. The quantitative estimate of drug-likeness (QED) is 0.716. The fourth-order valence-electron chi connectivity index (χ4n) is 1.57. The van der Waals surface area contributed by atoms with Crippen LogP contribution in [-0.2, 0) is 16.1 Å². The lowest BCUT2D eigenvalue weighted by atomic mass is 10.3. The molecule has 1 unspecified atom stereocenters. The number of nitrogens with one attached hydrogen (secondary N) is 1. The summed E-state index contributed by atoms with van der Waals surface area (Å²) in [6.45, 7) is 2.77. The van der Waals surface area contributed by atoms with Gasteiger partial charge in [0.2, 0.25) is 0 Å². The van der Waals surface area contributed by atoms with E-state index in [1.807, 2.05) is 19.2 Å². The molecule has 1 N–H and O–H groups in total. The number of nitrogens with zero attached hydrogens (tertiary/aromatic N) is 2. The highest BCUT2D eigenvalue weighted by Gasteiger charge is 2.29. The Morgan fingerprint density at radius 2 is 2.50 bits per heavy atom. The zero-order valence-corrected chi connectivity index (χ0v) is 9.43. The summed E-state index contributed by atoms with van der Waals surface area (Å²) in [5, 5.41) is 7.37. The van der Waals surface area contributed by atoms with Crippen LogP contribution in [0.5, 0.6) is 0 Å². The topological polar surface area (TPSA) is 56.2 Å². The molecule has 0 saturated heterocycles. The van der Waals surface area contributed by atoms with Gasteiger partial charge >= 0.3 is 5.97 Å². The van der Waals surface area contributed by atoms with E-state index in [4.69, 9.17) is 4.74 Å². The van der Waals surface area contributed by atoms with Crippen molar-refractivity contribution in [1.82, 2.24) is 15.1 Å². The summed E-state index contributed by atoms with van der Waals surface area (Å²) in [6, 6.07) is 2.04. The van der Waals surface area contributed by atoms with Crippen molar-refractivity contribution in [1.29, 1.82) is 0 Å².